The third-order valence-electron chi connectivity index (χ3n) is 2.83. The lowest BCUT2D eigenvalue weighted by atomic mass is 9.69. The highest BCUT2D eigenvalue weighted by Crippen LogP contribution is 2.40. The monoisotopic (exact) mass is 211 g/mol. The Labute approximate surface area is 88.9 Å². The summed E-state index contributed by atoms with van der Waals surface area (Å²) in [6.07, 6.45) is 5.75. The Morgan fingerprint density at radius 2 is 2.36 bits per heavy atom. The molecule has 0 radical (unpaired) electrons. The van der Waals surface area contributed by atoms with Gasteiger partial charge in [-0.2, -0.15) is 0 Å². The van der Waals surface area contributed by atoms with E-state index in [1.165, 1.54) is 0 Å². The van der Waals surface area contributed by atoms with Gasteiger partial charge in [-0.1, -0.05) is 18.5 Å². The molecule has 0 amide bonds. The zero-order chi connectivity index (χ0) is 10.2. The molecule has 0 bridgehead atoms. The molecule has 1 N–H and O–H groups in total. The van der Waals surface area contributed by atoms with Crippen LogP contribution >= 0.6 is 11.6 Å². The lowest BCUT2D eigenvalue weighted by molar-refractivity contribution is -0.0665. The van der Waals surface area contributed by atoms with Crippen molar-refractivity contribution in [1.82, 2.24) is 4.98 Å². The standard InChI is InChI=1S/C11H14ClNO/c1-8-4-11(14,5-8)6-9-2-3-13-7-10(9)12/h2-3,7-8,14H,4-6H2,1H3. The predicted octanol–water partition coefficient (Wildman–Crippen LogP) is 2.44. The molecule has 3 heteroatoms. The summed E-state index contributed by atoms with van der Waals surface area (Å²) in [7, 11) is 0. The van der Waals surface area contributed by atoms with Gasteiger partial charge in [0.25, 0.3) is 0 Å². The molecular weight excluding hydrogens is 198 g/mol. The summed E-state index contributed by atoms with van der Waals surface area (Å²) < 4.78 is 0. The third-order valence-corrected chi connectivity index (χ3v) is 3.17. The maximum Gasteiger partial charge on any atom is 0.0693 e. The molecule has 76 valence electrons. The molecule has 1 aliphatic carbocycles. The van der Waals surface area contributed by atoms with E-state index < -0.39 is 5.60 Å². The Morgan fingerprint density at radius 3 is 2.93 bits per heavy atom. The Morgan fingerprint density at radius 1 is 1.64 bits per heavy atom. The molecule has 1 saturated carbocycles. The molecule has 2 nitrogen and oxygen atoms in total. The number of rotatable bonds is 2. The first-order chi connectivity index (χ1) is 6.59. The largest absolute Gasteiger partial charge is 0.390 e. The number of aliphatic hydroxyl groups is 1. The minimum atomic E-state index is -0.523. The van der Waals surface area contributed by atoms with E-state index >= 15 is 0 Å². The van der Waals surface area contributed by atoms with E-state index in [4.69, 9.17) is 11.6 Å². The van der Waals surface area contributed by atoms with Crippen LogP contribution in [0.2, 0.25) is 5.02 Å². The maximum absolute atomic E-state index is 10.1. The fourth-order valence-corrected chi connectivity index (χ4v) is 2.47. The summed E-state index contributed by atoms with van der Waals surface area (Å²) in [6, 6.07) is 1.88. The van der Waals surface area contributed by atoms with Crippen LogP contribution in [0.3, 0.4) is 0 Å². The van der Waals surface area contributed by atoms with Gasteiger partial charge in [0.05, 0.1) is 10.6 Å². The Kier molecular flexibility index (Phi) is 2.50. The van der Waals surface area contributed by atoms with Gasteiger partial charge in [0.15, 0.2) is 0 Å². The van der Waals surface area contributed by atoms with E-state index in [1.807, 2.05) is 6.07 Å². The second kappa shape index (κ2) is 3.52. The van der Waals surface area contributed by atoms with Crippen LogP contribution in [0.1, 0.15) is 25.3 Å². The van der Waals surface area contributed by atoms with Crippen molar-refractivity contribution < 1.29 is 5.11 Å². The summed E-state index contributed by atoms with van der Waals surface area (Å²) in [6.45, 7) is 2.16. The highest BCUT2D eigenvalue weighted by molar-refractivity contribution is 6.31. The van der Waals surface area contributed by atoms with Crippen molar-refractivity contribution in [3.05, 3.63) is 29.0 Å². The summed E-state index contributed by atoms with van der Waals surface area (Å²) in [5, 5.41) is 10.7. The number of hydrogen-bond acceptors (Lipinski definition) is 2. The number of nitrogens with zero attached hydrogens (tertiary/aromatic N) is 1. The van der Waals surface area contributed by atoms with Crippen molar-refractivity contribution in [2.75, 3.05) is 0 Å². The highest BCUT2D eigenvalue weighted by atomic mass is 35.5. The average molecular weight is 212 g/mol. The van der Waals surface area contributed by atoms with Gasteiger partial charge in [-0.15, -0.1) is 0 Å². The topological polar surface area (TPSA) is 33.1 Å². The quantitative estimate of drug-likeness (QED) is 0.815. The first-order valence-electron chi connectivity index (χ1n) is 4.90. The second-order valence-electron chi connectivity index (χ2n) is 4.38. The molecule has 0 spiro atoms. The fraction of sp³-hybridized carbons (Fsp3) is 0.545. The molecule has 1 heterocycles. The van der Waals surface area contributed by atoms with Crippen molar-refractivity contribution >= 4 is 11.6 Å². The van der Waals surface area contributed by atoms with E-state index in [2.05, 4.69) is 11.9 Å². The lowest BCUT2D eigenvalue weighted by Crippen LogP contribution is -2.44. The lowest BCUT2D eigenvalue weighted by Gasteiger charge is -2.42. The Hall–Kier alpha value is -0.600. The van der Waals surface area contributed by atoms with E-state index in [1.54, 1.807) is 12.4 Å². The first-order valence-corrected chi connectivity index (χ1v) is 5.28. The SMILES string of the molecule is CC1CC(O)(Cc2ccncc2Cl)C1. The van der Waals surface area contributed by atoms with E-state index in [0.717, 1.165) is 18.4 Å². The minimum absolute atomic E-state index is 0.523. The van der Waals surface area contributed by atoms with Crippen molar-refractivity contribution in [1.29, 1.82) is 0 Å². The number of hydrogen-bond donors (Lipinski definition) is 1. The Balaban J connectivity index is 2.08. The summed E-state index contributed by atoms with van der Waals surface area (Å²) in [4.78, 5) is 3.92. The van der Waals surface area contributed by atoms with Crippen LogP contribution in [0, 0.1) is 5.92 Å². The van der Waals surface area contributed by atoms with E-state index in [0.29, 0.717) is 17.4 Å². The van der Waals surface area contributed by atoms with Gasteiger partial charge in [0.2, 0.25) is 0 Å². The molecule has 1 fully saturated rings. The second-order valence-corrected chi connectivity index (χ2v) is 4.79. The van der Waals surface area contributed by atoms with Crippen LogP contribution in [0.4, 0.5) is 0 Å². The summed E-state index contributed by atoms with van der Waals surface area (Å²) >= 11 is 5.97. The van der Waals surface area contributed by atoms with Crippen LogP contribution in [-0.2, 0) is 6.42 Å². The van der Waals surface area contributed by atoms with Crippen LogP contribution in [0.5, 0.6) is 0 Å². The molecule has 1 aliphatic rings. The van der Waals surface area contributed by atoms with Crippen molar-refractivity contribution in [2.24, 2.45) is 5.92 Å². The zero-order valence-electron chi connectivity index (χ0n) is 8.20. The number of halogens is 1. The molecular formula is C11H14ClNO. The fourth-order valence-electron chi connectivity index (χ4n) is 2.28. The maximum atomic E-state index is 10.1. The summed E-state index contributed by atoms with van der Waals surface area (Å²) in [5.74, 6) is 0.639. The highest BCUT2D eigenvalue weighted by Gasteiger charge is 2.40. The van der Waals surface area contributed by atoms with Gasteiger partial charge >= 0.3 is 0 Å². The molecule has 1 aromatic rings. The zero-order valence-corrected chi connectivity index (χ0v) is 8.96. The summed E-state index contributed by atoms with van der Waals surface area (Å²) in [5.41, 5.74) is 0.473. The molecule has 0 atom stereocenters. The molecule has 0 aliphatic heterocycles. The molecule has 0 aromatic carbocycles. The number of aromatic nitrogens is 1. The van der Waals surface area contributed by atoms with Gasteiger partial charge in [-0.25, -0.2) is 0 Å². The normalized spacial score (nSPS) is 31.2. The van der Waals surface area contributed by atoms with Crippen molar-refractivity contribution in [3.8, 4) is 0 Å². The van der Waals surface area contributed by atoms with E-state index in [9.17, 15) is 5.11 Å². The van der Waals surface area contributed by atoms with Crippen LogP contribution in [0.25, 0.3) is 0 Å². The molecule has 14 heavy (non-hydrogen) atoms. The molecule has 0 unspecified atom stereocenters. The van der Waals surface area contributed by atoms with Gasteiger partial charge < -0.3 is 5.11 Å². The smallest absolute Gasteiger partial charge is 0.0693 e. The third kappa shape index (κ3) is 1.91. The molecule has 0 saturated heterocycles. The van der Waals surface area contributed by atoms with Gasteiger partial charge in [0, 0.05) is 18.8 Å². The average Bonchev–Trinajstić information content (AvgIpc) is 2.06. The minimum Gasteiger partial charge on any atom is -0.390 e. The van der Waals surface area contributed by atoms with Crippen LogP contribution < -0.4 is 0 Å². The van der Waals surface area contributed by atoms with E-state index in [-0.39, 0.29) is 0 Å². The van der Waals surface area contributed by atoms with Gasteiger partial charge in [-0.05, 0) is 30.4 Å². The van der Waals surface area contributed by atoms with Crippen molar-refractivity contribution in [3.63, 3.8) is 0 Å². The predicted molar refractivity (Wildman–Crippen MR) is 56.3 cm³/mol. The molecule has 2 rings (SSSR count). The molecule has 1 aromatic heterocycles. The van der Waals surface area contributed by atoms with Crippen LogP contribution in [0.15, 0.2) is 18.5 Å². The first kappa shape index (κ1) is 9.94. The van der Waals surface area contributed by atoms with Gasteiger partial charge in [-0.3, -0.25) is 4.98 Å². The van der Waals surface area contributed by atoms with Gasteiger partial charge in [0.1, 0.15) is 0 Å². The van der Waals surface area contributed by atoms with Crippen molar-refractivity contribution in [2.45, 2.75) is 31.8 Å². The Bertz CT molecular complexity index is 334. The number of pyridine rings is 1. The van der Waals surface area contributed by atoms with Crippen LogP contribution in [-0.4, -0.2) is 15.7 Å².